The van der Waals surface area contributed by atoms with Crippen molar-refractivity contribution >= 4 is 27.2 Å². The average molecular weight is 413 g/mol. The second-order valence-corrected chi connectivity index (χ2v) is 9.67. The number of benzene rings is 2. The minimum atomic E-state index is -3.26. The van der Waals surface area contributed by atoms with Crippen LogP contribution in [0.3, 0.4) is 0 Å². The molecular weight excluding hydrogens is 388 g/mol. The highest BCUT2D eigenvalue weighted by Gasteiger charge is 2.39. The largest absolute Gasteiger partial charge is 0.298 e. The zero-order valence-electron chi connectivity index (χ0n) is 16.3. The van der Waals surface area contributed by atoms with Gasteiger partial charge in [0.25, 0.3) is 0 Å². The van der Waals surface area contributed by atoms with E-state index in [4.69, 9.17) is 0 Å². The van der Waals surface area contributed by atoms with Crippen molar-refractivity contribution in [3.05, 3.63) is 65.7 Å². The molecule has 3 rings (SSSR count). The third-order valence-electron chi connectivity index (χ3n) is 5.45. The first-order chi connectivity index (χ1) is 13.8. The second kappa shape index (κ2) is 8.82. The van der Waals surface area contributed by atoms with E-state index in [1.165, 1.54) is 12.1 Å². The Morgan fingerprint density at radius 3 is 2.07 bits per heavy atom. The van der Waals surface area contributed by atoms with Crippen molar-refractivity contribution in [3.8, 4) is 0 Å². The number of aryl methyl sites for hydroxylation is 1. The molecule has 152 valence electrons. The van der Waals surface area contributed by atoms with Gasteiger partial charge < -0.3 is 0 Å². The first kappa shape index (κ1) is 21.1. The summed E-state index contributed by atoms with van der Waals surface area (Å²) >= 11 is 0. The molecular formula is C23H24O5S. The first-order valence-corrected chi connectivity index (χ1v) is 11.4. The lowest BCUT2D eigenvalue weighted by molar-refractivity contribution is -0.142. The number of sulfone groups is 1. The summed E-state index contributed by atoms with van der Waals surface area (Å²) in [6, 6.07) is 15.8. The highest BCUT2D eigenvalue weighted by Crippen LogP contribution is 2.32. The molecule has 0 aromatic heterocycles. The van der Waals surface area contributed by atoms with E-state index in [0.29, 0.717) is 6.42 Å². The minimum absolute atomic E-state index is 0.0285. The van der Waals surface area contributed by atoms with Gasteiger partial charge in [0.15, 0.2) is 27.2 Å². The Hall–Kier alpha value is -2.60. The van der Waals surface area contributed by atoms with Crippen molar-refractivity contribution in [2.45, 2.75) is 43.4 Å². The van der Waals surface area contributed by atoms with Gasteiger partial charge in [-0.15, -0.1) is 0 Å². The maximum atomic E-state index is 12.6. The number of hydrogen-bond donors (Lipinski definition) is 0. The molecule has 1 fully saturated rings. The van der Waals surface area contributed by atoms with Crippen molar-refractivity contribution in [3.63, 3.8) is 0 Å². The van der Waals surface area contributed by atoms with Crippen LogP contribution in [-0.4, -0.2) is 31.5 Å². The van der Waals surface area contributed by atoms with Crippen LogP contribution in [0, 0.1) is 5.92 Å². The fraction of sp³-hybridized carbons (Fsp3) is 0.348. The zero-order chi connectivity index (χ0) is 21.0. The number of rotatable bonds is 7. The molecule has 1 aliphatic rings. The van der Waals surface area contributed by atoms with E-state index in [2.05, 4.69) is 0 Å². The molecule has 6 heteroatoms. The van der Waals surface area contributed by atoms with Crippen molar-refractivity contribution in [1.29, 1.82) is 0 Å². The standard InChI is InChI=1S/C23H24O5S/c1-2-29(27,28)19-11-8-16(9-12-19)10-13-20(24)23-21(25)14-18(15-22(23)26)17-6-4-3-5-7-17/h3-9,11-12,18,23H,2,10,13-15H2,1H3. The smallest absolute Gasteiger partial charge is 0.178 e. The molecule has 0 radical (unpaired) electrons. The summed E-state index contributed by atoms with van der Waals surface area (Å²) in [5.41, 5.74) is 1.74. The van der Waals surface area contributed by atoms with E-state index in [9.17, 15) is 22.8 Å². The van der Waals surface area contributed by atoms with E-state index in [1.807, 2.05) is 30.3 Å². The summed E-state index contributed by atoms with van der Waals surface area (Å²) in [6.07, 6.45) is 0.855. The van der Waals surface area contributed by atoms with Gasteiger partial charge in [-0.1, -0.05) is 49.4 Å². The van der Waals surface area contributed by atoms with Crippen LogP contribution >= 0.6 is 0 Å². The third kappa shape index (κ3) is 4.88. The Morgan fingerprint density at radius 2 is 1.52 bits per heavy atom. The first-order valence-electron chi connectivity index (χ1n) is 9.76. The zero-order valence-corrected chi connectivity index (χ0v) is 17.2. The average Bonchev–Trinajstić information content (AvgIpc) is 2.72. The Kier molecular flexibility index (Phi) is 6.42. The molecule has 0 aliphatic heterocycles. The lowest BCUT2D eigenvalue weighted by atomic mass is 9.74. The summed E-state index contributed by atoms with van der Waals surface area (Å²) in [6.45, 7) is 1.59. The molecule has 0 bridgehead atoms. The van der Waals surface area contributed by atoms with Crippen LogP contribution in [0.25, 0.3) is 0 Å². The SMILES string of the molecule is CCS(=O)(=O)c1ccc(CCC(=O)C2C(=O)CC(c3ccccc3)CC2=O)cc1. The molecule has 1 aliphatic carbocycles. The van der Waals surface area contributed by atoms with Gasteiger partial charge in [-0.25, -0.2) is 8.42 Å². The molecule has 5 nitrogen and oxygen atoms in total. The van der Waals surface area contributed by atoms with Gasteiger partial charge in [0.05, 0.1) is 10.6 Å². The summed E-state index contributed by atoms with van der Waals surface area (Å²) in [5, 5.41) is 0. The van der Waals surface area contributed by atoms with Crippen molar-refractivity contribution < 1.29 is 22.8 Å². The van der Waals surface area contributed by atoms with E-state index in [0.717, 1.165) is 11.1 Å². The van der Waals surface area contributed by atoms with E-state index in [1.54, 1.807) is 19.1 Å². The van der Waals surface area contributed by atoms with Crippen LogP contribution in [0.1, 0.15) is 43.2 Å². The molecule has 29 heavy (non-hydrogen) atoms. The van der Waals surface area contributed by atoms with Crippen LogP contribution in [0.4, 0.5) is 0 Å². The van der Waals surface area contributed by atoms with Crippen LogP contribution < -0.4 is 0 Å². The highest BCUT2D eigenvalue weighted by molar-refractivity contribution is 7.91. The lowest BCUT2D eigenvalue weighted by Gasteiger charge is -2.26. The van der Waals surface area contributed by atoms with Gasteiger partial charge in [-0.05, 0) is 35.6 Å². The van der Waals surface area contributed by atoms with E-state index in [-0.39, 0.29) is 53.2 Å². The Bertz CT molecular complexity index is 989. The van der Waals surface area contributed by atoms with Gasteiger partial charge in [-0.3, -0.25) is 14.4 Å². The number of hydrogen-bond acceptors (Lipinski definition) is 5. The number of ketones is 3. The molecule has 0 saturated heterocycles. The summed E-state index contributed by atoms with van der Waals surface area (Å²) < 4.78 is 23.7. The van der Waals surface area contributed by atoms with Gasteiger partial charge in [0.1, 0.15) is 5.92 Å². The van der Waals surface area contributed by atoms with Crippen LogP contribution in [-0.2, 0) is 30.6 Å². The van der Waals surface area contributed by atoms with Gasteiger partial charge >= 0.3 is 0 Å². The number of Topliss-reactive ketones (excluding diaryl/α,β-unsaturated/α-hetero) is 3. The quantitative estimate of drug-likeness (QED) is 0.651. The molecule has 1 saturated carbocycles. The molecule has 0 atom stereocenters. The summed E-state index contributed by atoms with van der Waals surface area (Å²) in [7, 11) is -3.26. The molecule has 2 aromatic carbocycles. The second-order valence-electron chi connectivity index (χ2n) is 7.40. The predicted octanol–water partition coefficient (Wildman–Crippen LogP) is 3.31. The summed E-state index contributed by atoms with van der Waals surface area (Å²) in [5.74, 6) is -2.24. The van der Waals surface area contributed by atoms with E-state index >= 15 is 0 Å². The Balaban J connectivity index is 1.61. The molecule has 0 amide bonds. The topological polar surface area (TPSA) is 85.3 Å². The lowest BCUT2D eigenvalue weighted by Crippen LogP contribution is -2.38. The van der Waals surface area contributed by atoms with Crippen LogP contribution in [0.2, 0.25) is 0 Å². The van der Waals surface area contributed by atoms with Crippen LogP contribution in [0.15, 0.2) is 59.5 Å². The Morgan fingerprint density at radius 1 is 0.931 bits per heavy atom. The maximum absolute atomic E-state index is 12.6. The fourth-order valence-corrected chi connectivity index (χ4v) is 4.62. The Labute approximate surface area is 171 Å². The van der Waals surface area contributed by atoms with Crippen molar-refractivity contribution in [1.82, 2.24) is 0 Å². The molecule has 0 heterocycles. The molecule has 0 spiro atoms. The van der Waals surface area contributed by atoms with Gasteiger partial charge in [0, 0.05) is 19.3 Å². The third-order valence-corrected chi connectivity index (χ3v) is 7.21. The van der Waals surface area contributed by atoms with Gasteiger partial charge in [0.2, 0.25) is 0 Å². The maximum Gasteiger partial charge on any atom is 0.178 e. The predicted molar refractivity (Wildman–Crippen MR) is 109 cm³/mol. The monoisotopic (exact) mass is 412 g/mol. The molecule has 0 N–H and O–H groups in total. The number of carbonyl (C=O) groups is 3. The molecule has 0 unspecified atom stereocenters. The fourth-order valence-electron chi connectivity index (χ4n) is 3.74. The van der Waals surface area contributed by atoms with Crippen molar-refractivity contribution in [2.24, 2.45) is 5.92 Å². The molecule has 2 aromatic rings. The minimum Gasteiger partial charge on any atom is -0.298 e. The normalized spacial score (nSPS) is 19.9. The van der Waals surface area contributed by atoms with Crippen molar-refractivity contribution in [2.75, 3.05) is 5.75 Å². The summed E-state index contributed by atoms with van der Waals surface area (Å²) in [4.78, 5) is 37.9. The highest BCUT2D eigenvalue weighted by atomic mass is 32.2. The van der Waals surface area contributed by atoms with Gasteiger partial charge in [-0.2, -0.15) is 0 Å². The van der Waals surface area contributed by atoms with E-state index < -0.39 is 15.8 Å². The van der Waals surface area contributed by atoms with Crippen LogP contribution in [0.5, 0.6) is 0 Å². The number of carbonyl (C=O) groups excluding carboxylic acids is 3.